The Balaban J connectivity index is 1.57. The van der Waals surface area contributed by atoms with Crippen molar-refractivity contribution in [3.63, 3.8) is 0 Å². The molecule has 0 unspecified atom stereocenters. The van der Waals surface area contributed by atoms with Crippen LogP contribution in [0.4, 0.5) is 5.69 Å². The van der Waals surface area contributed by atoms with E-state index in [0.717, 1.165) is 66.5 Å². The summed E-state index contributed by atoms with van der Waals surface area (Å²) in [7, 11) is 0. The van der Waals surface area contributed by atoms with Crippen molar-refractivity contribution in [3.05, 3.63) is 47.0 Å². The van der Waals surface area contributed by atoms with Gasteiger partial charge >= 0.3 is 0 Å². The third-order valence-corrected chi connectivity index (χ3v) is 6.60. The lowest BCUT2D eigenvalue weighted by molar-refractivity contribution is -0.116. The van der Waals surface area contributed by atoms with Gasteiger partial charge in [-0.25, -0.2) is 0 Å². The van der Waals surface area contributed by atoms with Crippen LogP contribution in [0.5, 0.6) is 0 Å². The van der Waals surface area contributed by atoms with Crippen LogP contribution in [0.3, 0.4) is 0 Å². The van der Waals surface area contributed by atoms with Crippen LogP contribution >= 0.6 is 0 Å². The number of aromatic nitrogens is 4. The van der Waals surface area contributed by atoms with Crippen molar-refractivity contribution in [3.8, 4) is 11.5 Å². The van der Waals surface area contributed by atoms with Crippen molar-refractivity contribution in [2.45, 2.75) is 92.0 Å². The lowest BCUT2D eigenvalue weighted by Crippen LogP contribution is -2.20. The van der Waals surface area contributed by atoms with Gasteiger partial charge in [0.1, 0.15) is 11.6 Å². The number of carbonyl (C=O) groups is 1. The van der Waals surface area contributed by atoms with E-state index in [0.29, 0.717) is 24.3 Å². The fourth-order valence-electron chi connectivity index (χ4n) is 4.64. The average Bonchev–Trinajstić information content (AvgIpc) is 3.34. The van der Waals surface area contributed by atoms with Crippen LogP contribution < -0.4 is 5.32 Å². The van der Waals surface area contributed by atoms with E-state index in [-0.39, 0.29) is 11.8 Å². The average molecular weight is 478 g/mol. The van der Waals surface area contributed by atoms with Crippen LogP contribution in [0.25, 0.3) is 11.5 Å². The van der Waals surface area contributed by atoms with Crippen molar-refractivity contribution in [1.29, 1.82) is 0 Å². The minimum absolute atomic E-state index is 0.00640. The van der Waals surface area contributed by atoms with E-state index in [9.17, 15) is 4.79 Å². The lowest BCUT2D eigenvalue weighted by atomic mass is 9.92. The molecule has 1 atom stereocenters. The first-order valence-electron chi connectivity index (χ1n) is 13.0. The monoisotopic (exact) mass is 477 g/mol. The molecule has 7 heteroatoms. The number of hydrogen-bond acceptors (Lipinski definition) is 5. The standard InChI is InChI=1S/C28H39N5O2/c1-17(2)7-11-23-16-25(32-35-23)28-31-30-27(33(28)22-9-10-22)21(13-18(3)4)15-26(34)29-24-12-8-19(5)14-20(24)6/h8,12,14,16-18,21-22H,7,9-11,13,15H2,1-6H3,(H,29,34)/t21-/m0/s1. The normalized spacial score (nSPS) is 14.6. The SMILES string of the molecule is Cc1ccc(NC(=O)C[C@H](CC(C)C)c2nnc(-c3cc(CCC(C)C)on3)n2C2CC2)c(C)c1. The molecule has 2 heterocycles. The van der Waals surface area contributed by atoms with Crippen LogP contribution in [0.15, 0.2) is 28.8 Å². The van der Waals surface area contributed by atoms with Crippen LogP contribution in [0, 0.1) is 25.7 Å². The Morgan fingerprint density at radius 1 is 1.11 bits per heavy atom. The molecule has 1 aliphatic carbocycles. The zero-order chi connectivity index (χ0) is 25.1. The molecule has 3 aromatic rings. The Labute approximate surface area is 208 Å². The smallest absolute Gasteiger partial charge is 0.225 e. The summed E-state index contributed by atoms with van der Waals surface area (Å²) >= 11 is 0. The number of carbonyl (C=O) groups excluding carboxylic acids is 1. The molecule has 0 bridgehead atoms. The first kappa shape index (κ1) is 25.1. The van der Waals surface area contributed by atoms with E-state index < -0.39 is 0 Å². The molecule has 0 spiro atoms. The number of benzene rings is 1. The van der Waals surface area contributed by atoms with Crippen LogP contribution in [0.1, 0.15) is 94.5 Å². The minimum Gasteiger partial charge on any atom is -0.361 e. The predicted octanol–water partition coefficient (Wildman–Crippen LogP) is 6.63. The third-order valence-electron chi connectivity index (χ3n) is 6.60. The highest BCUT2D eigenvalue weighted by atomic mass is 16.5. The molecule has 1 fully saturated rings. The molecule has 0 saturated heterocycles. The van der Waals surface area contributed by atoms with Crippen molar-refractivity contribution in [2.24, 2.45) is 11.8 Å². The molecule has 4 rings (SSSR count). The summed E-state index contributed by atoms with van der Waals surface area (Å²) in [6, 6.07) is 8.45. The Bertz CT molecular complexity index is 1160. The first-order valence-corrected chi connectivity index (χ1v) is 13.0. The summed E-state index contributed by atoms with van der Waals surface area (Å²) in [5.74, 6) is 3.55. The maximum Gasteiger partial charge on any atom is 0.225 e. The Hall–Kier alpha value is -2.96. The zero-order valence-corrected chi connectivity index (χ0v) is 22.0. The van der Waals surface area contributed by atoms with Gasteiger partial charge in [0.05, 0.1) is 0 Å². The molecular weight excluding hydrogens is 438 g/mol. The summed E-state index contributed by atoms with van der Waals surface area (Å²) in [5.41, 5.74) is 3.85. The number of rotatable bonds is 11. The summed E-state index contributed by atoms with van der Waals surface area (Å²) in [4.78, 5) is 13.1. The van der Waals surface area contributed by atoms with Gasteiger partial charge in [0.25, 0.3) is 0 Å². The summed E-state index contributed by atoms with van der Waals surface area (Å²) in [5, 5.41) is 16.6. The van der Waals surface area contributed by atoms with Crippen LogP contribution in [-0.4, -0.2) is 25.8 Å². The number of amides is 1. The van der Waals surface area contributed by atoms with Gasteiger partial charge < -0.3 is 14.4 Å². The van der Waals surface area contributed by atoms with Gasteiger partial charge in [0, 0.05) is 36.6 Å². The van der Waals surface area contributed by atoms with E-state index in [1.165, 1.54) is 5.56 Å². The molecule has 0 radical (unpaired) electrons. The number of hydrogen-bond donors (Lipinski definition) is 1. The zero-order valence-electron chi connectivity index (χ0n) is 22.0. The Kier molecular flexibility index (Phi) is 7.72. The van der Waals surface area contributed by atoms with Gasteiger partial charge in [-0.15, -0.1) is 10.2 Å². The van der Waals surface area contributed by atoms with Crippen molar-refractivity contribution in [2.75, 3.05) is 5.32 Å². The fraction of sp³-hybridized carbons (Fsp3) is 0.571. The number of aryl methyl sites for hydroxylation is 3. The maximum absolute atomic E-state index is 13.1. The van der Waals surface area contributed by atoms with Crippen molar-refractivity contribution >= 4 is 11.6 Å². The molecule has 7 nitrogen and oxygen atoms in total. The van der Waals surface area contributed by atoms with Gasteiger partial charge in [-0.2, -0.15) is 0 Å². The summed E-state index contributed by atoms with van der Waals surface area (Å²) < 4.78 is 7.84. The molecule has 2 aromatic heterocycles. The van der Waals surface area contributed by atoms with Gasteiger partial charge in [-0.3, -0.25) is 4.79 Å². The largest absolute Gasteiger partial charge is 0.361 e. The van der Waals surface area contributed by atoms with E-state index in [1.807, 2.05) is 25.1 Å². The van der Waals surface area contributed by atoms with Crippen molar-refractivity contribution in [1.82, 2.24) is 19.9 Å². The number of nitrogens with zero attached hydrogens (tertiary/aromatic N) is 4. The van der Waals surface area contributed by atoms with Gasteiger partial charge in [0.2, 0.25) is 5.91 Å². The second-order valence-electron chi connectivity index (χ2n) is 11.0. The van der Waals surface area contributed by atoms with Gasteiger partial charge in [-0.05, 0) is 63.0 Å². The van der Waals surface area contributed by atoms with E-state index in [2.05, 4.69) is 65.9 Å². The summed E-state index contributed by atoms with van der Waals surface area (Å²) in [6.07, 6.45) is 5.35. The Morgan fingerprint density at radius 3 is 2.54 bits per heavy atom. The summed E-state index contributed by atoms with van der Waals surface area (Å²) in [6.45, 7) is 12.9. The van der Waals surface area contributed by atoms with E-state index >= 15 is 0 Å². The number of nitrogens with one attached hydrogen (secondary N) is 1. The first-order chi connectivity index (χ1) is 16.7. The molecule has 188 valence electrons. The highest BCUT2D eigenvalue weighted by molar-refractivity contribution is 5.92. The van der Waals surface area contributed by atoms with Crippen LogP contribution in [0.2, 0.25) is 0 Å². The maximum atomic E-state index is 13.1. The molecular formula is C28H39N5O2. The fourth-order valence-corrected chi connectivity index (χ4v) is 4.64. The number of anilines is 1. The van der Waals surface area contributed by atoms with Crippen molar-refractivity contribution < 1.29 is 9.32 Å². The lowest BCUT2D eigenvalue weighted by Gasteiger charge is -2.20. The second-order valence-corrected chi connectivity index (χ2v) is 11.0. The van der Waals surface area contributed by atoms with Crippen LogP contribution in [-0.2, 0) is 11.2 Å². The minimum atomic E-state index is -0.0186. The molecule has 1 N–H and O–H groups in total. The Morgan fingerprint density at radius 2 is 1.89 bits per heavy atom. The van der Waals surface area contributed by atoms with Gasteiger partial charge in [-0.1, -0.05) is 50.5 Å². The third kappa shape index (κ3) is 6.38. The van der Waals surface area contributed by atoms with Gasteiger partial charge in [0.15, 0.2) is 11.5 Å². The molecule has 1 aliphatic rings. The predicted molar refractivity (Wildman–Crippen MR) is 138 cm³/mol. The van der Waals surface area contributed by atoms with E-state index in [1.54, 1.807) is 0 Å². The molecule has 0 aliphatic heterocycles. The molecule has 35 heavy (non-hydrogen) atoms. The molecule has 1 amide bonds. The molecule has 1 saturated carbocycles. The topological polar surface area (TPSA) is 85.8 Å². The second kappa shape index (κ2) is 10.8. The van der Waals surface area contributed by atoms with E-state index in [4.69, 9.17) is 4.52 Å². The highest BCUT2D eigenvalue weighted by Crippen LogP contribution is 2.42. The highest BCUT2D eigenvalue weighted by Gasteiger charge is 2.34. The molecule has 1 aromatic carbocycles. The quantitative estimate of drug-likeness (QED) is 0.335.